The molecule has 0 saturated heterocycles. The Labute approximate surface area is 116 Å². The second kappa shape index (κ2) is 5.75. The summed E-state index contributed by atoms with van der Waals surface area (Å²) in [4.78, 5) is 7.94. The maximum atomic E-state index is 8.85. The summed E-state index contributed by atoms with van der Waals surface area (Å²) < 4.78 is 10.8. The molecule has 0 aliphatic carbocycles. The quantitative estimate of drug-likeness (QED) is 0.872. The minimum atomic E-state index is 0.0967. The highest BCUT2D eigenvalue weighted by Gasteiger charge is 2.09. The van der Waals surface area contributed by atoms with Crippen LogP contribution in [0.3, 0.4) is 0 Å². The number of benzene rings is 1. The fourth-order valence-electron chi connectivity index (χ4n) is 1.56. The molecular formula is C13H13N5O2. The Balaban J connectivity index is 2.34. The van der Waals surface area contributed by atoms with Crippen LogP contribution in [0.2, 0.25) is 0 Å². The topological polar surface area (TPSA) is 106 Å². The molecule has 1 aromatic heterocycles. The highest BCUT2D eigenvalue weighted by molar-refractivity contribution is 5.49. The summed E-state index contributed by atoms with van der Waals surface area (Å²) in [5.41, 5.74) is 6.07. The molecule has 0 atom stereocenters. The lowest BCUT2D eigenvalue weighted by Crippen LogP contribution is -2.01. The van der Waals surface area contributed by atoms with E-state index in [2.05, 4.69) is 15.3 Å². The summed E-state index contributed by atoms with van der Waals surface area (Å²) in [6.45, 7) is 0. The molecular weight excluding hydrogens is 258 g/mol. The van der Waals surface area contributed by atoms with Gasteiger partial charge in [0.2, 0.25) is 11.8 Å². The Morgan fingerprint density at radius 1 is 1.25 bits per heavy atom. The third-order valence-electron chi connectivity index (χ3n) is 2.48. The summed E-state index contributed by atoms with van der Waals surface area (Å²) in [6.07, 6.45) is 0. The van der Waals surface area contributed by atoms with Crippen molar-refractivity contribution in [3.63, 3.8) is 0 Å². The van der Waals surface area contributed by atoms with Crippen molar-refractivity contribution in [1.82, 2.24) is 9.97 Å². The van der Waals surface area contributed by atoms with E-state index in [9.17, 15) is 0 Å². The number of hydrogen-bond donors (Lipinski definition) is 2. The lowest BCUT2D eigenvalue weighted by atomic mass is 10.2. The summed E-state index contributed by atoms with van der Waals surface area (Å²) >= 11 is 0. The number of methoxy groups -OCH3 is 1. The largest absolute Gasteiger partial charge is 0.493 e. The van der Waals surface area contributed by atoms with Crippen molar-refractivity contribution in [2.75, 3.05) is 25.2 Å². The predicted molar refractivity (Wildman–Crippen MR) is 73.8 cm³/mol. The van der Waals surface area contributed by atoms with Crippen LogP contribution in [0.15, 0.2) is 24.3 Å². The molecule has 102 valence electrons. The minimum absolute atomic E-state index is 0.0967. The van der Waals surface area contributed by atoms with Crippen LogP contribution in [0.5, 0.6) is 17.4 Å². The lowest BCUT2D eigenvalue weighted by Gasteiger charge is -2.10. The first kappa shape index (κ1) is 13.4. The second-order valence-corrected chi connectivity index (χ2v) is 3.78. The Hall–Kier alpha value is -3.01. The van der Waals surface area contributed by atoms with Gasteiger partial charge in [0.15, 0.2) is 11.5 Å². The van der Waals surface area contributed by atoms with Crippen LogP contribution in [0.25, 0.3) is 0 Å². The summed E-state index contributed by atoms with van der Waals surface area (Å²) in [7, 11) is 3.21. The average Bonchev–Trinajstić information content (AvgIpc) is 2.47. The van der Waals surface area contributed by atoms with E-state index in [0.29, 0.717) is 22.9 Å². The maximum absolute atomic E-state index is 8.85. The fraction of sp³-hybridized carbons (Fsp3) is 0.154. The molecule has 0 bridgehead atoms. The van der Waals surface area contributed by atoms with Crippen LogP contribution in [-0.4, -0.2) is 24.1 Å². The molecule has 0 radical (unpaired) electrons. The van der Waals surface area contributed by atoms with E-state index in [-0.39, 0.29) is 11.8 Å². The van der Waals surface area contributed by atoms with E-state index in [4.69, 9.17) is 20.5 Å². The smallest absolute Gasteiger partial charge is 0.226 e. The van der Waals surface area contributed by atoms with Gasteiger partial charge in [0.1, 0.15) is 5.82 Å². The van der Waals surface area contributed by atoms with E-state index >= 15 is 0 Å². The molecule has 2 aromatic rings. The molecule has 7 nitrogen and oxygen atoms in total. The molecule has 2 rings (SSSR count). The molecule has 0 spiro atoms. The molecule has 0 unspecified atom stereocenters. The number of nitrogens with two attached hydrogens (primary N) is 1. The average molecular weight is 271 g/mol. The lowest BCUT2D eigenvalue weighted by molar-refractivity contribution is 0.374. The van der Waals surface area contributed by atoms with Crippen LogP contribution in [0.4, 0.5) is 11.8 Å². The number of hydrogen-bond acceptors (Lipinski definition) is 7. The van der Waals surface area contributed by atoms with E-state index in [1.807, 2.05) is 6.07 Å². The van der Waals surface area contributed by atoms with Crippen LogP contribution >= 0.6 is 0 Å². The number of nitrogens with one attached hydrogen (secondary N) is 1. The monoisotopic (exact) mass is 271 g/mol. The SMILES string of the molecule is CNc1cc(Oc2ccc(C#N)cc2OC)nc(N)n1. The Morgan fingerprint density at radius 3 is 2.70 bits per heavy atom. The van der Waals surface area contributed by atoms with E-state index < -0.39 is 0 Å². The van der Waals surface area contributed by atoms with Gasteiger partial charge < -0.3 is 20.5 Å². The van der Waals surface area contributed by atoms with Crippen molar-refractivity contribution in [1.29, 1.82) is 5.26 Å². The molecule has 0 amide bonds. The van der Waals surface area contributed by atoms with Gasteiger partial charge in [-0.1, -0.05) is 0 Å². The van der Waals surface area contributed by atoms with Gasteiger partial charge in [0.05, 0.1) is 18.7 Å². The highest BCUT2D eigenvalue weighted by Crippen LogP contribution is 2.32. The molecule has 0 saturated carbocycles. The van der Waals surface area contributed by atoms with Crippen molar-refractivity contribution in [3.8, 4) is 23.4 Å². The maximum Gasteiger partial charge on any atom is 0.226 e. The third-order valence-corrected chi connectivity index (χ3v) is 2.48. The van der Waals surface area contributed by atoms with E-state index in [1.165, 1.54) is 7.11 Å². The number of rotatable bonds is 4. The highest BCUT2D eigenvalue weighted by atomic mass is 16.5. The van der Waals surface area contributed by atoms with Crippen LogP contribution in [0.1, 0.15) is 5.56 Å². The number of aromatic nitrogens is 2. The van der Waals surface area contributed by atoms with Crippen LogP contribution in [-0.2, 0) is 0 Å². The van der Waals surface area contributed by atoms with Gasteiger partial charge in [-0.3, -0.25) is 0 Å². The van der Waals surface area contributed by atoms with Crippen molar-refractivity contribution in [2.45, 2.75) is 0 Å². The first-order valence-electron chi connectivity index (χ1n) is 5.74. The second-order valence-electron chi connectivity index (χ2n) is 3.78. The van der Waals surface area contributed by atoms with Gasteiger partial charge in [-0.2, -0.15) is 15.2 Å². The standard InChI is InChI=1S/C13H13N5O2/c1-16-11-6-12(18-13(15)17-11)20-9-4-3-8(7-14)5-10(9)19-2/h3-6H,1-2H3,(H3,15,16,17,18). The molecule has 0 fully saturated rings. The van der Waals surface area contributed by atoms with E-state index in [0.717, 1.165) is 0 Å². The molecule has 1 aromatic carbocycles. The number of anilines is 2. The van der Waals surface area contributed by atoms with Gasteiger partial charge in [-0.15, -0.1) is 0 Å². The molecule has 1 heterocycles. The van der Waals surface area contributed by atoms with Crippen molar-refractivity contribution < 1.29 is 9.47 Å². The summed E-state index contributed by atoms with van der Waals surface area (Å²) in [5, 5.41) is 11.7. The minimum Gasteiger partial charge on any atom is -0.493 e. The number of nitrogens with zero attached hydrogens (tertiary/aromatic N) is 3. The zero-order valence-corrected chi connectivity index (χ0v) is 11.0. The molecule has 7 heteroatoms. The third kappa shape index (κ3) is 2.87. The number of nitriles is 1. The van der Waals surface area contributed by atoms with Gasteiger partial charge in [-0.25, -0.2) is 0 Å². The Kier molecular flexibility index (Phi) is 3.86. The Bertz CT molecular complexity index is 666. The number of ether oxygens (including phenoxy) is 2. The van der Waals surface area contributed by atoms with Gasteiger partial charge in [-0.05, 0) is 12.1 Å². The summed E-state index contributed by atoms with van der Waals surface area (Å²) in [5.74, 6) is 1.79. The van der Waals surface area contributed by atoms with E-state index in [1.54, 1.807) is 31.3 Å². The predicted octanol–water partition coefficient (Wildman–Crippen LogP) is 1.77. The Morgan fingerprint density at radius 2 is 2.05 bits per heavy atom. The van der Waals surface area contributed by atoms with Crippen molar-refractivity contribution in [2.24, 2.45) is 0 Å². The molecule has 0 aliphatic rings. The zero-order chi connectivity index (χ0) is 14.5. The van der Waals surface area contributed by atoms with Crippen molar-refractivity contribution >= 4 is 11.8 Å². The van der Waals surface area contributed by atoms with Gasteiger partial charge in [0.25, 0.3) is 0 Å². The summed E-state index contributed by atoms with van der Waals surface area (Å²) in [6, 6.07) is 8.48. The van der Waals surface area contributed by atoms with Gasteiger partial charge >= 0.3 is 0 Å². The number of nitrogen functional groups attached to an aromatic ring is 1. The fourth-order valence-corrected chi connectivity index (χ4v) is 1.56. The molecule has 3 N–H and O–H groups in total. The first-order valence-corrected chi connectivity index (χ1v) is 5.74. The van der Waals surface area contributed by atoms with Crippen LogP contribution in [0, 0.1) is 11.3 Å². The normalized spacial score (nSPS) is 9.65. The zero-order valence-electron chi connectivity index (χ0n) is 11.0. The van der Waals surface area contributed by atoms with Crippen molar-refractivity contribution in [3.05, 3.63) is 29.8 Å². The molecule has 20 heavy (non-hydrogen) atoms. The van der Waals surface area contributed by atoms with Gasteiger partial charge in [0, 0.05) is 19.2 Å². The molecule has 0 aliphatic heterocycles. The van der Waals surface area contributed by atoms with Crippen LogP contribution < -0.4 is 20.5 Å². The first-order chi connectivity index (χ1) is 9.66.